The molecule has 0 fully saturated rings. The largest absolute Gasteiger partial charge is 0.290 e. The van der Waals surface area contributed by atoms with Crippen LogP contribution in [-0.2, 0) is 0 Å². The molecular formula is C8H10N2O2. The van der Waals surface area contributed by atoms with Crippen molar-refractivity contribution in [3.8, 4) is 0 Å². The number of hydrogen-bond acceptors (Lipinski definition) is 3. The summed E-state index contributed by atoms with van der Waals surface area (Å²) in [6.07, 6.45) is 2.78. The summed E-state index contributed by atoms with van der Waals surface area (Å²) in [4.78, 5) is 13.4. The molecule has 64 valence electrons. The fourth-order valence-corrected chi connectivity index (χ4v) is 0.647. The highest BCUT2D eigenvalue weighted by molar-refractivity contribution is 5.34. The molecule has 1 heterocycles. The summed E-state index contributed by atoms with van der Waals surface area (Å²) in [5, 5.41) is 10.2. The fourth-order valence-electron chi connectivity index (χ4n) is 0.647. The topological polar surface area (TPSA) is 56.0 Å². The van der Waals surface area contributed by atoms with Crippen molar-refractivity contribution in [2.75, 3.05) is 0 Å². The van der Waals surface area contributed by atoms with E-state index in [0.717, 1.165) is 0 Å². The molecule has 0 saturated carbocycles. The minimum absolute atomic E-state index is 0.0718. The van der Waals surface area contributed by atoms with Gasteiger partial charge in [-0.1, -0.05) is 0 Å². The van der Waals surface area contributed by atoms with Gasteiger partial charge in [0.2, 0.25) is 0 Å². The molecule has 0 amide bonds. The Morgan fingerprint density at radius 1 is 1.58 bits per heavy atom. The molecular weight excluding hydrogens is 156 g/mol. The van der Waals surface area contributed by atoms with Gasteiger partial charge in [0.25, 0.3) is 5.69 Å². The summed E-state index contributed by atoms with van der Waals surface area (Å²) in [5.41, 5.74) is 0.711. The summed E-state index contributed by atoms with van der Waals surface area (Å²) in [7, 11) is 0. The van der Waals surface area contributed by atoms with Gasteiger partial charge in [-0.25, -0.2) is 0 Å². The van der Waals surface area contributed by atoms with Gasteiger partial charge in [-0.05, 0) is 13.0 Å². The minimum atomic E-state index is -0.442. The molecule has 0 aromatic carbocycles. The minimum Gasteiger partial charge on any atom is -0.258 e. The Bertz CT molecular complexity index is 274. The van der Waals surface area contributed by atoms with Crippen molar-refractivity contribution in [2.45, 2.75) is 6.92 Å². The summed E-state index contributed by atoms with van der Waals surface area (Å²) in [6.45, 7) is 7.68. The molecule has 12 heavy (non-hydrogen) atoms. The summed E-state index contributed by atoms with van der Waals surface area (Å²) < 4.78 is 0. The van der Waals surface area contributed by atoms with E-state index in [1.165, 1.54) is 12.4 Å². The Labute approximate surface area is 70.7 Å². The maximum absolute atomic E-state index is 10.2. The first-order valence-corrected chi connectivity index (χ1v) is 3.27. The highest BCUT2D eigenvalue weighted by atomic mass is 16.6. The van der Waals surface area contributed by atoms with E-state index in [9.17, 15) is 10.1 Å². The van der Waals surface area contributed by atoms with Crippen molar-refractivity contribution in [1.29, 1.82) is 0 Å². The van der Waals surface area contributed by atoms with Crippen LogP contribution in [0.2, 0.25) is 0 Å². The molecule has 0 saturated heterocycles. The zero-order valence-electron chi connectivity index (χ0n) is 6.86. The summed E-state index contributed by atoms with van der Waals surface area (Å²) in [6, 6.07) is 1.61. The second-order valence-corrected chi connectivity index (χ2v) is 1.92. The summed E-state index contributed by atoms with van der Waals surface area (Å²) in [5.74, 6) is 0. The van der Waals surface area contributed by atoms with Gasteiger partial charge in [0.05, 0.1) is 4.92 Å². The molecule has 1 aromatic rings. The number of aryl methyl sites for hydroxylation is 1. The van der Waals surface area contributed by atoms with Gasteiger partial charge in [-0.2, -0.15) is 0 Å². The van der Waals surface area contributed by atoms with Crippen molar-refractivity contribution in [2.24, 2.45) is 0 Å². The molecule has 0 atom stereocenters. The number of hydrogen-bond donors (Lipinski definition) is 0. The quantitative estimate of drug-likeness (QED) is 0.364. The van der Waals surface area contributed by atoms with Gasteiger partial charge in [0.15, 0.2) is 0 Å². The first-order chi connectivity index (χ1) is 5.72. The van der Waals surface area contributed by atoms with Crippen molar-refractivity contribution in [3.63, 3.8) is 0 Å². The number of pyridine rings is 1. The van der Waals surface area contributed by atoms with Crippen molar-refractivity contribution in [3.05, 3.63) is 47.3 Å². The zero-order valence-corrected chi connectivity index (χ0v) is 6.86. The molecule has 0 aliphatic carbocycles. The average Bonchev–Trinajstić information content (AvgIpc) is 2.08. The molecule has 0 unspecified atom stereocenters. The van der Waals surface area contributed by atoms with E-state index in [1.54, 1.807) is 13.0 Å². The number of rotatable bonds is 1. The standard InChI is InChI=1S/C6H6N2O2.C2H4/c1-5-2-3-7-4-6(5)8(9)10;1-2/h2-4H,1H3;1-2H2. The van der Waals surface area contributed by atoms with Crippen molar-refractivity contribution < 1.29 is 4.92 Å². The molecule has 1 aromatic heterocycles. The second kappa shape index (κ2) is 5.01. The maximum atomic E-state index is 10.2. The van der Waals surface area contributed by atoms with E-state index in [-0.39, 0.29) is 5.69 Å². The lowest BCUT2D eigenvalue weighted by Gasteiger charge is -1.91. The highest BCUT2D eigenvalue weighted by Gasteiger charge is 2.07. The Morgan fingerprint density at radius 2 is 2.17 bits per heavy atom. The van der Waals surface area contributed by atoms with Gasteiger partial charge >= 0.3 is 0 Å². The first-order valence-electron chi connectivity index (χ1n) is 3.27. The number of nitro groups is 1. The Balaban J connectivity index is 0.000000561. The smallest absolute Gasteiger partial charge is 0.258 e. The van der Waals surface area contributed by atoms with Gasteiger partial charge in [0, 0.05) is 11.8 Å². The molecule has 0 aliphatic rings. The number of nitrogens with zero attached hydrogens (tertiary/aromatic N) is 2. The lowest BCUT2D eigenvalue weighted by molar-refractivity contribution is -0.385. The van der Waals surface area contributed by atoms with Crippen LogP contribution >= 0.6 is 0 Å². The highest BCUT2D eigenvalue weighted by Crippen LogP contribution is 2.13. The van der Waals surface area contributed by atoms with Crippen LogP contribution in [0.4, 0.5) is 5.69 Å². The molecule has 4 heteroatoms. The van der Waals surface area contributed by atoms with Gasteiger partial charge < -0.3 is 0 Å². The van der Waals surface area contributed by atoms with Gasteiger partial charge in [0.1, 0.15) is 6.20 Å². The molecule has 0 bridgehead atoms. The van der Waals surface area contributed by atoms with E-state index in [4.69, 9.17) is 0 Å². The van der Waals surface area contributed by atoms with Crippen molar-refractivity contribution >= 4 is 5.69 Å². The Hall–Kier alpha value is -1.71. The first kappa shape index (κ1) is 10.3. The zero-order chi connectivity index (χ0) is 9.56. The van der Waals surface area contributed by atoms with Crippen LogP contribution in [0.25, 0.3) is 0 Å². The SMILES string of the molecule is C=C.Cc1ccncc1[N+](=O)[O-]. The normalized spacial score (nSPS) is 8.08. The van der Waals surface area contributed by atoms with Gasteiger partial charge in [-0.15, -0.1) is 13.2 Å². The van der Waals surface area contributed by atoms with Crippen molar-refractivity contribution in [1.82, 2.24) is 4.98 Å². The molecule has 4 nitrogen and oxygen atoms in total. The molecule has 0 N–H and O–H groups in total. The summed E-state index contributed by atoms with van der Waals surface area (Å²) >= 11 is 0. The third-order valence-electron chi connectivity index (χ3n) is 1.21. The Kier molecular flexibility index (Phi) is 4.30. The lowest BCUT2D eigenvalue weighted by atomic mass is 10.3. The predicted octanol–water partition coefficient (Wildman–Crippen LogP) is 2.10. The third-order valence-corrected chi connectivity index (χ3v) is 1.21. The van der Waals surface area contributed by atoms with Crippen LogP contribution in [0, 0.1) is 17.0 Å². The van der Waals surface area contributed by atoms with Crippen LogP contribution in [0.5, 0.6) is 0 Å². The lowest BCUT2D eigenvalue weighted by Crippen LogP contribution is -1.91. The fraction of sp³-hybridized carbons (Fsp3) is 0.125. The van der Waals surface area contributed by atoms with E-state index in [0.29, 0.717) is 5.56 Å². The van der Waals surface area contributed by atoms with E-state index < -0.39 is 4.92 Å². The van der Waals surface area contributed by atoms with E-state index in [1.807, 2.05) is 0 Å². The third kappa shape index (κ3) is 2.49. The van der Waals surface area contributed by atoms with Gasteiger partial charge in [-0.3, -0.25) is 15.1 Å². The average molecular weight is 166 g/mol. The molecule has 0 spiro atoms. The van der Waals surface area contributed by atoms with Crippen LogP contribution < -0.4 is 0 Å². The Morgan fingerprint density at radius 3 is 2.50 bits per heavy atom. The van der Waals surface area contributed by atoms with E-state index in [2.05, 4.69) is 18.1 Å². The number of aromatic nitrogens is 1. The molecule has 0 radical (unpaired) electrons. The van der Waals surface area contributed by atoms with Crippen LogP contribution in [0.3, 0.4) is 0 Å². The van der Waals surface area contributed by atoms with Crippen LogP contribution in [0.1, 0.15) is 5.56 Å². The van der Waals surface area contributed by atoms with Crippen LogP contribution in [0.15, 0.2) is 31.6 Å². The predicted molar refractivity (Wildman–Crippen MR) is 46.9 cm³/mol. The molecule has 0 aliphatic heterocycles. The van der Waals surface area contributed by atoms with Crippen LogP contribution in [-0.4, -0.2) is 9.91 Å². The maximum Gasteiger partial charge on any atom is 0.290 e. The second-order valence-electron chi connectivity index (χ2n) is 1.92. The van der Waals surface area contributed by atoms with E-state index >= 15 is 0 Å². The molecule has 1 rings (SSSR count). The monoisotopic (exact) mass is 166 g/mol.